The Balaban J connectivity index is 1.47. The zero-order chi connectivity index (χ0) is 24.9. The molecule has 1 aromatic carbocycles. The van der Waals surface area contributed by atoms with Crippen LogP contribution < -0.4 is 10.2 Å². The standard InChI is InChI=1S/C24H25ClFN3O6/c1-2-34-17-12-20(29(13-17)22(30)8-5-16-4-7-21(25)35-16)24(32)27-19-6-3-15(11-18(19)26)28-9-10-33-14-23(28)31/h3-8,11,17,20H,2,9-10,12-14H2,1H3,(H,27,32)/b8-5+/t17-,20-/m1/s1. The first-order valence-corrected chi connectivity index (χ1v) is 11.6. The van der Waals surface area contributed by atoms with E-state index >= 15 is 0 Å². The molecule has 0 spiro atoms. The lowest BCUT2D eigenvalue weighted by atomic mass is 10.1. The molecule has 2 aliphatic rings. The number of halogens is 2. The van der Waals surface area contributed by atoms with Crippen LogP contribution in [0.4, 0.5) is 15.8 Å². The SMILES string of the molecule is CCO[C@@H]1C[C@H](C(=O)Nc2ccc(N3CCOCC3=O)cc2F)N(C(=O)/C=C/c2ccc(Cl)o2)C1. The van der Waals surface area contributed by atoms with Gasteiger partial charge in [-0.15, -0.1) is 0 Å². The zero-order valence-corrected chi connectivity index (χ0v) is 19.8. The largest absolute Gasteiger partial charge is 0.445 e. The van der Waals surface area contributed by atoms with Crippen LogP contribution in [-0.2, 0) is 23.9 Å². The molecule has 9 nitrogen and oxygen atoms in total. The summed E-state index contributed by atoms with van der Waals surface area (Å²) < 4.78 is 30.8. The maximum absolute atomic E-state index is 14.8. The van der Waals surface area contributed by atoms with Crippen molar-refractivity contribution in [3.8, 4) is 0 Å². The van der Waals surface area contributed by atoms with Crippen molar-refractivity contribution < 1.29 is 32.7 Å². The van der Waals surface area contributed by atoms with Crippen molar-refractivity contribution in [2.45, 2.75) is 25.5 Å². The molecule has 2 aromatic rings. The molecule has 35 heavy (non-hydrogen) atoms. The van der Waals surface area contributed by atoms with Crippen LogP contribution >= 0.6 is 11.6 Å². The van der Waals surface area contributed by atoms with E-state index in [-0.39, 0.29) is 42.5 Å². The summed E-state index contributed by atoms with van der Waals surface area (Å²) >= 11 is 5.75. The second-order valence-electron chi connectivity index (χ2n) is 8.05. The van der Waals surface area contributed by atoms with Gasteiger partial charge in [-0.25, -0.2) is 4.39 Å². The molecule has 2 aliphatic heterocycles. The van der Waals surface area contributed by atoms with Gasteiger partial charge in [0.25, 0.3) is 5.91 Å². The highest BCUT2D eigenvalue weighted by Gasteiger charge is 2.39. The molecule has 3 heterocycles. The van der Waals surface area contributed by atoms with Gasteiger partial charge >= 0.3 is 0 Å². The lowest BCUT2D eigenvalue weighted by molar-refractivity contribution is -0.132. The quantitative estimate of drug-likeness (QED) is 0.580. The number of nitrogens with one attached hydrogen (secondary N) is 1. The number of hydrogen-bond acceptors (Lipinski definition) is 6. The number of rotatable bonds is 7. The Labute approximate surface area is 206 Å². The van der Waals surface area contributed by atoms with Gasteiger partial charge in [-0.3, -0.25) is 14.4 Å². The minimum Gasteiger partial charge on any atom is -0.445 e. The van der Waals surface area contributed by atoms with Crippen molar-refractivity contribution in [1.82, 2.24) is 4.90 Å². The van der Waals surface area contributed by atoms with E-state index in [1.807, 2.05) is 6.92 Å². The van der Waals surface area contributed by atoms with Crippen LogP contribution in [0.5, 0.6) is 0 Å². The number of hydrogen-bond donors (Lipinski definition) is 1. The molecule has 3 amide bonds. The highest BCUT2D eigenvalue weighted by molar-refractivity contribution is 6.28. The first kappa shape index (κ1) is 24.9. The van der Waals surface area contributed by atoms with Gasteiger partial charge in [-0.05, 0) is 54.9 Å². The summed E-state index contributed by atoms with van der Waals surface area (Å²) in [5, 5.41) is 2.76. The zero-order valence-electron chi connectivity index (χ0n) is 19.0. The van der Waals surface area contributed by atoms with E-state index in [0.717, 1.165) is 0 Å². The smallest absolute Gasteiger partial charge is 0.253 e. The van der Waals surface area contributed by atoms with Gasteiger partial charge in [0.15, 0.2) is 5.22 Å². The van der Waals surface area contributed by atoms with E-state index < -0.39 is 23.7 Å². The van der Waals surface area contributed by atoms with E-state index in [0.29, 0.717) is 31.2 Å². The molecule has 2 saturated heterocycles. The Bertz CT molecular complexity index is 1140. The number of carbonyl (C=O) groups excluding carboxylic acids is 3. The number of ether oxygens (including phenoxy) is 2. The average molecular weight is 506 g/mol. The Morgan fingerprint density at radius 3 is 2.83 bits per heavy atom. The number of furan rings is 1. The lowest BCUT2D eigenvalue weighted by Gasteiger charge is -2.27. The Morgan fingerprint density at radius 1 is 1.31 bits per heavy atom. The first-order valence-electron chi connectivity index (χ1n) is 11.2. The van der Waals surface area contributed by atoms with E-state index in [9.17, 15) is 18.8 Å². The third kappa shape index (κ3) is 5.90. The van der Waals surface area contributed by atoms with Crippen molar-refractivity contribution >= 4 is 46.8 Å². The first-order chi connectivity index (χ1) is 16.9. The molecule has 0 aliphatic carbocycles. The van der Waals surface area contributed by atoms with Crippen molar-refractivity contribution in [3.05, 3.63) is 53.2 Å². The number of anilines is 2. The van der Waals surface area contributed by atoms with Crippen LogP contribution in [-0.4, -0.2) is 67.7 Å². The van der Waals surface area contributed by atoms with Gasteiger partial charge in [0.05, 0.1) is 18.4 Å². The maximum Gasteiger partial charge on any atom is 0.253 e. The molecule has 1 N–H and O–H groups in total. The summed E-state index contributed by atoms with van der Waals surface area (Å²) in [5.74, 6) is -1.52. The van der Waals surface area contributed by atoms with Crippen LogP contribution in [0.2, 0.25) is 5.22 Å². The lowest BCUT2D eigenvalue weighted by Crippen LogP contribution is -2.42. The topological polar surface area (TPSA) is 101 Å². The number of morpholine rings is 1. The number of likely N-dealkylation sites (tertiary alicyclic amines) is 1. The number of benzene rings is 1. The molecular weight excluding hydrogens is 481 g/mol. The second kappa shape index (κ2) is 11.0. The van der Waals surface area contributed by atoms with Gasteiger partial charge < -0.3 is 29.0 Å². The maximum atomic E-state index is 14.8. The van der Waals surface area contributed by atoms with Crippen molar-refractivity contribution in [2.75, 3.05) is 43.1 Å². The average Bonchev–Trinajstić information content (AvgIpc) is 3.45. The normalized spacial score (nSPS) is 20.6. The monoisotopic (exact) mass is 505 g/mol. The number of carbonyl (C=O) groups is 3. The fraction of sp³-hybridized carbons (Fsp3) is 0.375. The van der Waals surface area contributed by atoms with Gasteiger partial charge in [-0.1, -0.05) is 0 Å². The molecule has 4 rings (SSSR count). The third-order valence-corrected chi connectivity index (χ3v) is 5.95. The molecule has 0 unspecified atom stereocenters. The Kier molecular flexibility index (Phi) is 7.84. The summed E-state index contributed by atoms with van der Waals surface area (Å²) in [6.07, 6.45) is 2.69. The summed E-state index contributed by atoms with van der Waals surface area (Å²) in [6.45, 7) is 3.09. The molecule has 11 heteroatoms. The van der Waals surface area contributed by atoms with E-state index in [4.69, 9.17) is 25.5 Å². The summed E-state index contributed by atoms with van der Waals surface area (Å²) in [5.41, 5.74) is 0.332. The number of nitrogens with zero attached hydrogens (tertiary/aromatic N) is 2. The van der Waals surface area contributed by atoms with Gasteiger partial charge in [0.2, 0.25) is 11.8 Å². The van der Waals surface area contributed by atoms with Crippen LogP contribution in [0.3, 0.4) is 0 Å². The van der Waals surface area contributed by atoms with Crippen molar-refractivity contribution in [2.24, 2.45) is 0 Å². The predicted octanol–water partition coefficient (Wildman–Crippen LogP) is 3.09. The minimum atomic E-state index is -0.858. The van der Waals surface area contributed by atoms with Crippen molar-refractivity contribution in [1.29, 1.82) is 0 Å². The molecule has 186 valence electrons. The predicted molar refractivity (Wildman–Crippen MR) is 126 cm³/mol. The fourth-order valence-corrected chi connectivity index (χ4v) is 4.25. The van der Waals surface area contributed by atoms with E-state index in [2.05, 4.69) is 5.32 Å². The van der Waals surface area contributed by atoms with E-state index in [1.54, 1.807) is 18.2 Å². The molecule has 0 saturated carbocycles. The molecule has 2 atom stereocenters. The Morgan fingerprint density at radius 2 is 2.14 bits per heavy atom. The summed E-state index contributed by atoms with van der Waals surface area (Å²) in [4.78, 5) is 40.8. The van der Waals surface area contributed by atoms with Crippen molar-refractivity contribution in [3.63, 3.8) is 0 Å². The minimum absolute atomic E-state index is 0.0486. The third-order valence-electron chi connectivity index (χ3n) is 5.74. The molecule has 0 radical (unpaired) electrons. The fourth-order valence-electron chi connectivity index (χ4n) is 4.09. The van der Waals surface area contributed by atoms with E-state index in [1.165, 1.54) is 34.1 Å². The summed E-state index contributed by atoms with van der Waals surface area (Å²) in [7, 11) is 0. The van der Waals surface area contributed by atoms with Crippen LogP contribution in [0.25, 0.3) is 6.08 Å². The van der Waals surface area contributed by atoms with Gasteiger partial charge in [0.1, 0.15) is 24.2 Å². The highest BCUT2D eigenvalue weighted by Crippen LogP contribution is 2.26. The second-order valence-corrected chi connectivity index (χ2v) is 8.42. The van der Waals surface area contributed by atoms with Crippen LogP contribution in [0.15, 0.2) is 40.8 Å². The molecular formula is C24H25ClFN3O6. The van der Waals surface area contributed by atoms with Crippen LogP contribution in [0.1, 0.15) is 19.1 Å². The highest BCUT2D eigenvalue weighted by atomic mass is 35.5. The van der Waals surface area contributed by atoms with Crippen LogP contribution in [0, 0.1) is 5.82 Å². The van der Waals surface area contributed by atoms with Gasteiger partial charge in [0, 0.05) is 37.9 Å². The molecule has 0 bridgehead atoms. The van der Waals surface area contributed by atoms with Gasteiger partial charge in [-0.2, -0.15) is 0 Å². The molecule has 1 aromatic heterocycles. The summed E-state index contributed by atoms with van der Waals surface area (Å²) in [6, 6.07) is 6.45. The molecule has 2 fully saturated rings. The number of amides is 3. The Hall–Kier alpha value is -3.21.